The molecule has 0 bridgehead atoms. The fourth-order valence-corrected chi connectivity index (χ4v) is 3.05. The van der Waals surface area contributed by atoms with E-state index in [2.05, 4.69) is 5.32 Å². The van der Waals surface area contributed by atoms with E-state index in [1.54, 1.807) is 11.0 Å². The zero-order chi connectivity index (χ0) is 14.8. The van der Waals surface area contributed by atoms with Crippen molar-refractivity contribution in [3.8, 4) is 0 Å². The molecule has 21 heavy (non-hydrogen) atoms. The minimum atomic E-state index is -0.449. The van der Waals surface area contributed by atoms with Crippen molar-refractivity contribution in [1.82, 2.24) is 5.32 Å². The first kappa shape index (κ1) is 14.1. The summed E-state index contributed by atoms with van der Waals surface area (Å²) in [7, 11) is 0. The maximum Gasteiger partial charge on any atom is 0.254 e. The lowest BCUT2D eigenvalue weighted by molar-refractivity contribution is -0.121. The lowest BCUT2D eigenvalue weighted by Crippen LogP contribution is -2.49. The number of ether oxygens (including phenoxy) is 1. The monoisotopic (exact) mass is 288 g/mol. The number of carbonyl (C=O) groups is 2. The first-order valence-corrected chi connectivity index (χ1v) is 7.53. The number of anilines is 1. The van der Waals surface area contributed by atoms with Crippen LogP contribution in [-0.4, -0.2) is 37.1 Å². The van der Waals surface area contributed by atoms with Gasteiger partial charge < -0.3 is 15.0 Å². The molecule has 1 aromatic rings. The number of hydrogen-bond acceptors (Lipinski definition) is 3. The molecule has 1 aromatic carbocycles. The topological polar surface area (TPSA) is 58.6 Å². The van der Waals surface area contributed by atoms with E-state index >= 15 is 0 Å². The molecule has 5 nitrogen and oxygen atoms in total. The van der Waals surface area contributed by atoms with Gasteiger partial charge in [-0.25, -0.2) is 0 Å². The van der Waals surface area contributed by atoms with Gasteiger partial charge in [-0.2, -0.15) is 0 Å². The number of carbonyl (C=O) groups excluding carboxylic acids is 2. The number of amides is 2. The molecule has 1 fully saturated rings. The molecule has 1 N–H and O–H groups in total. The normalized spacial score (nSPS) is 25.5. The molecule has 0 saturated carbocycles. The summed E-state index contributed by atoms with van der Waals surface area (Å²) in [6, 6.07) is 6.88. The molecule has 3 rings (SSSR count). The van der Waals surface area contributed by atoms with Crippen LogP contribution < -0.4 is 10.2 Å². The summed E-state index contributed by atoms with van der Waals surface area (Å²) in [5, 5.41) is 2.87. The second-order valence-corrected chi connectivity index (χ2v) is 5.56. The van der Waals surface area contributed by atoms with Crippen LogP contribution in [0.1, 0.15) is 36.5 Å². The fraction of sp³-hybridized carbons (Fsp3) is 0.500. The average Bonchev–Trinajstić information content (AvgIpc) is 2.98. The molecule has 2 aliphatic heterocycles. The van der Waals surface area contributed by atoms with Gasteiger partial charge in [-0.05, 0) is 25.0 Å². The summed E-state index contributed by atoms with van der Waals surface area (Å²) < 4.78 is 5.44. The first-order valence-electron chi connectivity index (χ1n) is 7.53. The van der Waals surface area contributed by atoms with Crippen LogP contribution in [0.2, 0.25) is 0 Å². The van der Waals surface area contributed by atoms with Gasteiger partial charge >= 0.3 is 0 Å². The van der Waals surface area contributed by atoms with Crippen molar-refractivity contribution >= 4 is 17.5 Å². The smallest absolute Gasteiger partial charge is 0.254 e. The number of para-hydroxylation sites is 1. The summed E-state index contributed by atoms with van der Waals surface area (Å²) >= 11 is 0. The maximum absolute atomic E-state index is 12.9. The van der Waals surface area contributed by atoms with E-state index in [0.717, 1.165) is 12.8 Å². The molecule has 1 saturated heterocycles. The minimum Gasteiger partial charge on any atom is -0.379 e. The second kappa shape index (κ2) is 5.85. The molecule has 0 aromatic heterocycles. The van der Waals surface area contributed by atoms with Crippen LogP contribution >= 0.6 is 0 Å². The van der Waals surface area contributed by atoms with Crippen molar-refractivity contribution in [3.63, 3.8) is 0 Å². The summed E-state index contributed by atoms with van der Waals surface area (Å²) in [5.41, 5.74) is 1.27. The van der Waals surface area contributed by atoms with E-state index in [9.17, 15) is 9.59 Å². The Balaban J connectivity index is 2.05. The molecule has 2 heterocycles. The summed E-state index contributed by atoms with van der Waals surface area (Å²) in [5.74, 6) is -0.190. The third-order valence-electron chi connectivity index (χ3n) is 4.10. The highest BCUT2D eigenvalue weighted by atomic mass is 16.5. The molecule has 0 aliphatic carbocycles. The predicted molar refractivity (Wildman–Crippen MR) is 79.3 cm³/mol. The molecule has 2 atom stereocenters. The highest BCUT2D eigenvalue weighted by Gasteiger charge is 2.38. The summed E-state index contributed by atoms with van der Waals surface area (Å²) in [4.78, 5) is 27.0. The van der Waals surface area contributed by atoms with E-state index in [4.69, 9.17) is 4.74 Å². The average molecular weight is 288 g/mol. The molecule has 2 unspecified atom stereocenters. The Morgan fingerprint density at radius 1 is 1.33 bits per heavy atom. The Labute approximate surface area is 124 Å². The molecule has 2 amide bonds. The lowest BCUT2D eigenvalue weighted by atomic mass is 10.1. The van der Waals surface area contributed by atoms with Crippen LogP contribution in [0.5, 0.6) is 0 Å². The van der Waals surface area contributed by atoms with Crippen molar-refractivity contribution < 1.29 is 14.3 Å². The molecule has 0 radical (unpaired) electrons. The van der Waals surface area contributed by atoms with Crippen molar-refractivity contribution in [2.75, 3.05) is 18.1 Å². The van der Waals surface area contributed by atoms with Gasteiger partial charge in [0.1, 0.15) is 6.04 Å². The Morgan fingerprint density at radius 2 is 2.14 bits per heavy atom. The van der Waals surface area contributed by atoms with Crippen LogP contribution in [0.4, 0.5) is 5.69 Å². The number of nitrogens with zero attached hydrogens (tertiary/aromatic N) is 1. The van der Waals surface area contributed by atoms with Crippen LogP contribution in [0.25, 0.3) is 0 Å². The molecule has 112 valence electrons. The molecule has 5 heteroatoms. The van der Waals surface area contributed by atoms with E-state index in [-0.39, 0.29) is 17.9 Å². The highest BCUT2D eigenvalue weighted by molar-refractivity contribution is 6.11. The Bertz CT molecular complexity index is 552. The Hall–Kier alpha value is -1.88. The van der Waals surface area contributed by atoms with Gasteiger partial charge in [0.05, 0.1) is 23.9 Å². The standard InChI is InChI=1S/C16H20N2O3/c1-2-5-13-16(20)18(11-8-9-21-10-11)14-7-4-3-6-12(14)15(19)17-13/h3-4,6-7,11,13H,2,5,8-10H2,1H3,(H,17,19). The molecular formula is C16H20N2O3. The third kappa shape index (κ3) is 2.53. The predicted octanol–water partition coefficient (Wildman–Crippen LogP) is 1.72. The third-order valence-corrected chi connectivity index (χ3v) is 4.10. The number of fused-ring (bicyclic) bond motifs is 1. The van der Waals surface area contributed by atoms with Crippen molar-refractivity contribution in [3.05, 3.63) is 29.8 Å². The second-order valence-electron chi connectivity index (χ2n) is 5.56. The fourth-order valence-electron chi connectivity index (χ4n) is 3.05. The molecule has 0 spiro atoms. The summed E-state index contributed by atoms with van der Waals surface area (Å²) in [6.45, 7) is 3.21. The van der Waals surface area contributed by atoms with Crippen LogP contribution in [-0.2, 0) is 9.53 Å². The largest absolute Gasteiger partial charge is 0.379 e. The highest BCUT2D eigenvalue weighted by Crippen LogP contribution is 2.29. The lowest BCUT2D eigenvalue weighted by Gasteiger charge is -2.29. The zero-order valence-electron chi connectivity index (χ0n) is 12.2. The van der Waals surface area contributed by atoms with Crippen LogP contribution in [0.3, 0.4) is 0 Å². The first-order chi connectivity index (χ1) is 10.2. The number of nitrogens with one attached hydrogen (secondary N) is 1. The van der Waals surface area contributed by atoms with Gasteiger partial charge in [-0.1, -0.05) is 25.5 Å². The Morgan fingerprint density at radius 3 is 2.86 bits per heavy atom. The van der Waals surface area contributed by atoms with E-state index in [1.165, 1.54) is 0 Å². The van der Waals surface area contributed by atoms with Crippen molar-refractivity contribution in [2.24, 2.45) is 0 Å². The SMILES string of the molecule is CCCC1NC(=O)c2ccccc2N(C2CCOC2)C1=O. The summed E-state index contributed by atoms with van der Waals surface area (Å²) in [6.07, 6.45) is 2.32. The maximum atomic E-state index is 12.9. The van der Waals surface area contributed by atoms with Gasteiger partial charge in [0, 0.05) is 6.61 Å². The van der Waals surface area contributed by atoms with Crippen molar-refractivity contribution in [1.29, 1.82) is 0 Å². The van der Waals surface area contributed by atoms with E-state index in [1.807, 2.05) is 25.1 Å². The van der Waals surface area contributed by atoms with Gasteiger partial charge in [0.25, 0.3) is 5.91 Å². The van der Waals surface area contributed by atoms with Gasteiger partial charge in [0.2, 0.25) is 5.91 Å². The number of benzene rings is 1. The van der Waals surface area contributed by atoms with Gasteiger partial charge in [-0.15, -0.1) is 0 Å². The van der Waals surface area contributed by atoms with Gasteiger partial charge in [-0.3, -0.25) is 9.59 Å². The van der Waals surface area contributed by atoms with E-state index < -0.39 is 6.04 Å². The van der Waals surface area contributed by atoms with E-state index in [0.29, 0.717) is 30.9 Å². The number of hydrogen-bond donors (Lipinski definition) is 1. The quantitative estimate of drug-likeness (QED) is 0.921. The zero-order valence-corrected chi connectivity index (χ0v) is 12.2. The molecular weight excluding hydrogens is 268 g/mol. The van der Waals surface area contributed by atoms with Crippen molar-refractivity contribution in [2.45, 2.75) is 38.3 Å². The van der Waals surface area contributed by atoms with Crippen LogP contribution in [0, 0.1) is 0 Å². The Kier molecular flexibility index (Phi) is 3.92. The number of rotatable bonds is 3. The molecule has 2 aliphatic rings. The van der Waals surface area contributed by atoms with Gasteiger partial charge in [0.15, 0.2) is 0 Å². The minimum absolute atomic E-state index is 0.0192. The van der Waals surface area contributed by atoms with Crippen LogP contribution in [0.15, 0.2) is 24.3 Å².